The number of nitrogens with one attached hydrogen (secondary N) is 2. The summed E-state index contributed by atoms with van der Waals surface area (Å²) < 4.78 is 0. The number of H-pyrrole nitrogens is 2. The highest BCUT2D eigenvalue weighted by atomic mass is 32.2. The number of rotatable bonds is 8. The molecule has 4 N–H and O–H groups in total. The van der Waals surface area contributed by atoms with E-state index in [1.807, 2.05) is 43.8 Å². The summed E-state index contributed by atoms with van der Waals surface area (Å²) in [7, 11) is 0. The van der Waals surface area contributed by atoms with Gasteiger partial charge in [0.1, 0.15) is 0 Å². The summed E-state index contributed by atoms with van der Waals surface area (Å²) in [6.45, 7) is 12.3. The molecule has 226 valence electrons. The first-order valence-electron chi connectivity index (χ1n) is 14.5. The van der Waals surface area contributed by atoms with Crippen LogP contribution in [-0.2, 0) is 16.0 Å². The van der Waals surface area contributed by atoms with Crippen LogP contribution in [0.4, 0.5) is 0 Å². The zero-order valence-electron chi connectivity index (χ0n) is 25.1. The molecule has 3 aliphatic heterocycles. The van der Waals surface area contributed by atoms with E-state index in [4.69, 9.17) is 9.97 Å². The quantitative estimate of drug-likeness (QED) is 0.128. The fraction of sp³-hybridized carbons (Fsp3) is 0.294. The lowest BCUT2D eigenvalue weighted by atomic mass is 9.99. The van der Waals surface area contributed by atoms with Gasteiger partial charge in [0.05, 0.1) is 22.8 Å². The Labute approximate surface area is 264 Å². The van der Waals surface area contributed by atoms with Crippen molar-refractivity contribution in [1.82, 2.24) is 19.9 Å². The predicted molar refractivity (Wildman–Crippen MR) is 183 cm³/mol. The van der Waals surface area contributed by atoms with Gasteiger partial charge in [-0.2, -0.15) is 11.8 Å². The number of aliphatic carboxylic acids is 2. The largest absolute Gasteiger partial charge is 0.481 e. The maximum Gasteiger partial charge on any atom is 0.303 e. The molecule has 0 saturated carbocycles. The number of hydrogen-bond donors (Lipinski definition) is 5. The van der Waals surface area contributed by atoms with Crippen molar-refractivity contribution in [1.29, 1.82) is 0 Å². The lowest BCUT2D eigenvalue weighted by Gasteiger charge is -2.03. The second-order valence-corrected chi connectivity index (χ2v) is 13.3. The van der Waals surface area contributed by atoms with E-state index in [9.17, 15) is 19.8 Å². The van der Waals surface area contributed by atoms with E-state index >= 15 is 0 Å². The zero-order valence-corrected chi connectivity index (χ0v) is 26.8. The van der Waals surface area contributed by atoms with E-state index in [1.54, 1.807) is 0 Å². The highest BCUT2D eigenvalue weighted by Gasteiger charge is 2.33. The Morgan fingerprint density at radius 3 is 2.09 bits per heavy atom. The zero-order chi connectivity index (χ0) is 31.4. The van der Waals surface area contributed by atoms with Gasteiger partial charge in [0, 0.05) is 56.4 Å². The number of carbonyl (C=O) groups is 2. The third-order valence-electron chi connectivity index (χ3n) is 8.71. The molecule has 8 nitrogen and oxygen atoms in total. The van der Waals surface area contributed by atoms with Crippen molar-refractivity contribution >= 4 is 85.6 Å². The van der Waals surface area contributed by atoms with Crippen molar-refractivity contribution in [3.8, 4) is 0 Å². The van der Waals surface area contributed by atoms with Crippen LogP contribution in [0.3, 0.4) is 0 Å². The Bertz CT molecular complexity index is 2010. The van der Waals surface area contributed by atoms with Crippen LogP contribution in [0.15, 0.2) is 30.8 Å². The van der Waals surface area contributed by atoms with Gasteiger partial charge in [0.2, 0.25) is 0 Å². The third kappa shape index (κ3) is 5.52. The number of allylic oxidation sites excluding steroid dienone is 3. The van der Waals surface area contributed by atoms with Gasteiger partial charge in [-0.25, -0.2) is 9.97 Å². The number of nitrogens with zero attached hydrogens (tertiary/aromatic N) is 2. The maximum absolute atomic E-state index is 11.6. The summed E-state index contributed by atoms with van der Waals surface area (Å²) in [5.74, 6) is -0.701. The molecule has 8 bridgehead atoms. The Morgan fingerprint density at radius 2 is 1.43 bits per heavy atom. The van der Waals surface area contributed by atoms with Crippen LogP contribution >= 0.6 is 24.4 Å². The summed E-state index contributed by atoms with van der Waals surface area (Å²) >= 11 is 6.54. The van der Waals surface area contributed by atoms with Gasteiger partial charge in [0.15, 0.2) is 0 Å². The van der Waals surface area contributed by atoms with E-state index in [1.165, 1.54) is 5.57 Å². The van der Waals surface area contributed by atoms with E-state index in [2.05, 4.69) is 49.1 Å². The van der Waals surface area contributed by atoms with Gasteiger partial charge >= 0.3 is 11.9 Å². The molecule has 0 radical (unpaired) electrons. The average molecular weight is 627 g/mol. The summed E-state index contributed by atoms with van der Waals surface area (Å²) in [6, 6.07) is 8.05. The minimum atomic E-state index is -0.878. The van der Waals surface area contributed by atoms with Crippen molar-refractivity contribution < 1.29 is 19.8 Å². The highest BCUT2D eigenvalue weighted by molar-refractivity contribution is 8.07. The molecule has 10 heteroatoms. The minimum Gasteiger partial charge on any atom is -0.481 e. The Morgan fingerprint density at radius 1 is 0.841 bits per heavy atom. The first kappa shape index (κ1) is 30.0. The molecular weight excluding hydrogens is 593 g/mol. The topological polar surface area (TPSA) is 132 Å². The third-order valence-corrected chi connectivity index (χ3v) is 9.83. The van der Waals surface area contributed by atoms with Gasteiger partial charge in [0.25, 0.3) is 0 Å². The number of carboxylic acids is 2. The molecule has 3 aromatic heterocycles. The van der Waals surface area contributed by atoms with Crippen molar-refractivity contribution in [2.75, 3.05) is 5.75 Å². The normalized spacial score (nSPS) is 16.1. The summed E-state index contributed by atoms with van der Waals surface area (Å²) in [5.41, 5.74) is 14.4. The molecule has 0 aliphatic carbocycles. The summed E-state index contributed by atoms with van der Waals surface area (Å²) in [4.78, 5) is 41.0. The monoisotopic (exact) mass is 626 g/mol. The van der Waals surface area contributed by atoms with Crippen LogP contribution in [0.1, 0.15) is 78.1 Å². The smallest absolute Gasteiger partial charge is 0.303 e. The molecule has 0 amide bonds. The van der Waals surface area contributed by atoms with Crippen LogP contribution < -0.4 is 0 Å². The van der Waals surface area contributed by atoms with Gasteiger partial charge < -0.3 is 20.2 Å². The molecule has 6 rings (SSSR count). The molecule has 0 unspecified atom stereocenters. The Kier molecular flexibility index (Phi) is 7.83. The second kappa shape index (κ2) is 11.5. The van der Waals surface area contributed by atoms with Crippen molar-refractivity contribution in [3.05, 3.63) is 75.9 Å². The molecule has 1 saturated heterocycles. The molecular formula is C34H34N4O4S2. The van der Waals surface area contributed by atoms with E-state index in [-0.39, 0.29) is 12.8 Å². The molecule has 44 heavy (non-hydrogen) atoms. The molecule has 6 heterocycles. The number of aromatic amines is 2. The van der Waals surface area contributed by atoms with Gasteiger partial charge in [-0.1, -0.05) is 6.58 Å². The first-order valence-corrected chi connectivity index (χ1v) is 16.0. The minimum absolute atomic E-state index is 0.0254. The van der Waals surface area contributed by atoms with Crippen LogP contribution in [0.5, 0.6) is 0 Å². The van der Waals surface area contributed by atoms with Gasteiger partial charge in [-0.05, 0) is 104 Å². The molecule has 1 fully saturated rings. The number of fused-ring (bicyclic) bond motifs is 8. The van der Waals surface area contributed by atoms with Crippen LogP contribution in [-0.4, -0.2) is 53.1 Å². The number of hydrogen-bond acceptors (Lipinski definition) is 6. The van der Waals surface area contributed by atoms with Crippen molar-refractivity contribution in [2.45, 2.75) is 58.6 Å². The van der Waals surface area contributed by atoms with E-state index in [0.717, 1.165) is 83.9 Å². The van der Waals surface area contributed by atoms with Crippen LogP contribution in [0.25, 0.3) is 49.3 Å². The fourth-order valence-corrected chi connectivity index (χ4v) is 7.24. The number of aromatic nitrogens is 4. The molecule has 3 aliphatic rings. The van der Waals surface area contributed by atoms with Crippen LogP contribution in [0, 0.1) is 13.8 Å². The Balaban J connectivity index is 1.74. The lowest BCUT2D eigenvalue weighted by molar-refractivity contribution is -0.137. The molecule has 0 aromatic carbocycles. The Hall–Kier alpha value is -4.02. The lowest BCUT2D eigenvalue weighted by Crippen LogP contribution is -1.98. The maximum atomic E-state index is 11.6. The predicted octanol–water partition coefficient (Wildman–Crippen LogP) is 7.69. The van der Waals surface area contributed by atoms with Crippen molar-refractivity contribution in [3.63, 3.8) is 0 Å². The SMILES string of the molecule is C=C(S)c1c(C)c2cc3nc(cc4nc(cc5[nH]c(cc1[nH]2)c(C)c5CCC(=O)O)C(CCC(=O)O)=C4C)C(C)=C3[C@@H]1CS1. The van der Waals surface area contributed by atoms with E-state index in [0.29, 0.717) is 28.7 Å². The van der Waals surface area contributed by atoms with Crippen LogP contribution in [0.2, 0.25) is 0 Å². The molecule has 1 atom stereocenters. The number of thioether (sulfide) groups is 1. The fourth-order valence-electron chi connectivity index (χ4n) is 6.22. The van der Waals surface area contributed by atoms with Crippen molar-refractivity contribution in [2.24, 2.45) is 0 Å². The number of carboxylic acid groups (broad SMARTS) is 2. The van der Waals surface area contributed by atoms with Gasteiger partial charge in [-0.3, -0.25) is 9.59 Å². The van der Waals surface area contributed by atoms with E-state index < -0.39 is 11.9 Å². The summed E-state index contributed by atoms with van der Waals surface area (Å²) in [6.07, 6.45) is 0.603. The van der Waals surface area contributed by atoms with Gasteiger partial charge in [-0.15, -0.1) is 12.6 Å². The number of aryl methyl sites for hydroxylation is 3. The highest BCUT2D eigenvalue weighted by Crippen LogP contribution is 2.47. The second-order valence-electron chi connectivity index (χ2n) is 11.5. The average Bonchev–Trinajstić information content (AvgIpc) is 3.49. The summed E-state index contributed by atoms with van der Waals surface area (Å²) in [5, 5.41) is 19.4. The molecule has 3 aromatic rings. The molecule has 0 spiro atoms. The number of thiol groups is 1. The standard InChI is InChI=1S/C34H34N4O4S2/c1-15-20(6-8-31(39)40)26-13-27-21(7-9-32(41)42)16(2)23(36-27)11-28-33(19(5)43)17(3)25(37-28)12-29-34(30-14-44-30)18(4)24(38-29)10-22(15)35-26/h10-13,30,36-37,43H,5-9,14H2,1-4H3,(H,39,40)(H,41,42)/t30-/m0/s1. The first-order chi connectivity index (χ1) is 20.9.